The zero-order valence-corrected chi connectivity index (χ0v) is 17.4. The maximum Gasteiger partial charge on any atom is 0.336 e. The van der Waals surface area contributed by atoms with E-state index in [4.69, 9.17) is 9.47 Å². The number of nitrogens with one attached hydrogen (secondary N) is 3. The normalized spacial score (nSPS) is 26.8. The summed E-state index contributed by atoms with van der Waals surface area (Å²) in [6.07, 6.45) is 0.741. The largest absolute Gasteiger partial charge is 0.497 e. The van der Waals surface area contributed by atoms with E-state index in [-0.39, 0.29) is 17.6 Å². The van der Waals surface area contributed by atoms with E-state index in [2.05, 4.69) is 22.9 Å². The summed E-state index contributed by atoms with van der Waals surface area (Å²) in [6, 6.07) is 7.49. The molecule has 0 aliphatic carbocycles. The third-order valence-corrected chi connectivity index (χ3v) is 6.29. The van der Waals surface area contributed by atoms with Gasteiger partial charge in [0.25, 0.3) is 0 Å². The van der Waals surface area contributed by atoms with Gasteiger partial charge in [0.15, 0.2) is 0 Å². The Bertz CT molecular complexity index is 782. The van der Waals surface area contributed by atoms with Gasteiger partial charge in [-0.1, -0.05) is 19.1 Å². The number of allylic oxidation sites excluding steroid dienone is 1. The average Bonchev–Trinajstić information content (AvgIpc) is 2.70. The van der Waals surface area contributed by atoms with Gasteiger partial charge in [-0.3, -0.25) is 10.1 Å². The zero-order valence-electron chi connectivity index (χ0n) is 16.6. The number of fused-ring (bicyclic) bond motifs is 1. The number of thioether (sulfide) groups is 1. The predicted molar refractivity (Wildman–Crippen MR) is 109 cm³/mol. The fraction of sp³-hybridized carbons (Fsp3) is 0.500. The van der Waals surface area contributed by atoms with Gasteiger partial charge in [-0.2, -0.15) is 0 Å². The summed E-state index contributed by atoms with van der Waals surface area (Å²) in [5.74, 6) is 0.145. The Hall–Kier alpha value is -2.19. The molecule has 2 aliphatic rings. The second-order valence-electron chi connectivity index (χ2n) is 6.86. The smallest absolute Gasteiger partial charge is 0.336 e. The minimum absolute atomic E-state index is 0.0911. The van der Waals surface area contributed by atoms with Crippen LogP contribution in [0.3, 0.4) is 0 Å². The Balaban J connectivity index is 2.03. The van der Waals surface area contributed by atoms with Crippen molar-refractivity contribution in [3.63, 3.8) is 0 Å². The van der Waals surface area contributed by atoms with Gasteiger partial charge in [-0.15, -0.1) is 11.8 Å². The minimum Gasteiger partial charge on any atom is -0.497 e. The molecule has 4 atom stereocenters. The number of esters is 1. The number of methoxy groups -OCH3 is 2. The average molecular weight is 406 g/mol. The van der Waals surface area contributed by atoms with E-state index in [9.17, 15) is 9.59 Å². The molecule has 2 aliphatic heterocycles. The Morgan fingerprint density at radius 1 is 1.25 bits per heavy atom. The molecule has 0 bridgehead atoms. The third kappa shape index (κ3) is 3.98. The highest BCUT2D eigenvalue weighted by Crippen LogP contribution is 2.41. The van der Waals surface area contributed by atoms with Crippen LogP contribution < -0.4 is 20.7 Å². The molecule has 0 saturated carbocycles. The first-order valence-electron chi connectivity index (χ1n) is 9.37. The molecule has 8 heteroatoms. The number of hydrogen-bond acceptors (Lipinski definition) is 7. The van der Waals surface area contributed by atoms with Crippen LogP contribution in [0.25, 0.3) is 0 Å². The van der Waals surface area contributed by atoms with Gasteiger partial charge >= 0.3 is 5.97 Å². The van der Waals surface area contributed by atoms with Crippen molar-refractivity contribution in [3.8, 4) is 5.75 Å². The maximum atomic E-state index is 13.1. The summed E-state index contributed by atoms with van der Waals surface area (Å²) < 4.78 is 10.4. The number of carbonyl (C=O) groups is 2. The van der Waals surface area contributed by atoms with E-state index in [0.29, 0.717) is 17.0 Å². The van der Waals surface area contributed by atoms with Crippen molar-refractivity contribution in [1.29, 1.82) is 0 Å². The molecular formula is C20H27N3O4S. The Labute approximate surface area is 169 Å². The van der Waals surface area contributed by atoms with Gasteiger partial charge in [-0.25, -0.2) is 4.79 Å². The molecule has 0 aromatic heterocycles. The standard InChI is InChI=1S/C20H27N3O4S/c1-5-9-28-20-22-17-16(18(24)23-20)15(12-7-6-8-13(10-12)26-3)14(11(2)21-17)19(25)27-4/h6-8,10,15-17,20-22H,5,9H2,1-4H3,(H,23,24). The third-order valence-electron chi connectivity index (χ3n) is 5.06. The molecule has 1 amide bonds. The molecule has 1 aromatic rings. The first kappa shape index (κ1) is 20.5. The highest BCUT2D eigenvalue weighted by molar-refractivity contribution is 7.99. The topological polar surface area (TPSA) is 88.7 Å². The van der Waals surface area contributed by atoms with Crippen LogP contribution in [-0.4, -0.2) is 43.5 Å². The molecule has 7 nitrogen and oxygen atoms in total. The number of ether oxygens (including phenoxy) is 2. The van der Waals surface area contributed by atoms with Gasteiger partial charge in [0.2, 0.25) is 5.91 Å². The second-order valence-corrected chi connectivity index (χ2v) is 8.07. The summed E-state index contributed by atoms with van der Waals surface area (Å²) in [7, 11) is 2.95. The van der Waals surface area contributed by atoms with Gasteiger partial charge in [0.1, 0.15) is 11.2 Å². The monoisotopic (exact) mass is 405 g/mol. The fourth-order valence-corrected chi connectivity index (χ4v) is 4.72. The number of carbonyl (C=O) groups excluding carboxylic acids is 2. The van der Waals surface area contributed by atoms with Crippen LogP contribution in [0.1, 0.15) is 31.7 Å². The van der Waals surface area contributed by atoms with Gasteiger partial charge in [0.05, 0.1) is 31.9 Å². The Morgan fingerprint density at radius 3 is 2.71 bits per heavy atom. The summed E-state index contributed by atoms with van der Waals surface area (Å²) >= 11 is 1.66. The lowest BCUT2D eigenvalue weighted by atomic mass is 9.74. The molecule has 3 N–H and O–H groups in total. The van der Waals surface area contributed by atoms with Gasteiger partial charge in [-0.05, 0) is 36.8 Å². The number of amides is 1. The molecule has 0 spiro atoms. The van der Waals surface area contributed by atoms with Crippen molar-refractivity contribution >= 4 is 23.6 Å². The van der Waals surface area contributed by atoms with Gasteiger partial charge in [0, 0.05) is 11.6 Å². The van der Waals surface area contributed by atoms with Crippen molar-refractivity contribution in [2.24, 2.45) is 5.92 Å². The van der Waals surface area contributed by atoms with Crippen LogP contribution in [-0.2, 0) is 14.3 Å². The van der Waals surface area contributed by atoms with Gasteiger partial charge < -0.3 is 20.1 Å². The number of hydrogen-bond donors (Lipinski definition) is 3. The lowest BCUT2D eigenvalue weighted by Crippen LogP contribution is -2.67. The summed E-state index contributed by atoms with van der Waals surface area (Å²) in [5, 5.41) is 9.81. The van der Waals surface area contributed by atoms with E-state index in [1.54, 1.807) is 18.9 Å². The lowest BCUT2D eigenvalue weighted by molar-refractivity contribution is -0.137. The van der Waals surface area contributed by atoms with E-state index in [1.165, 1.54) is 7.11 Å². The quantitative estimate of drug-likeness (QED) is 0.623. The maximum absolute atomic E-state index is 13.1. The highest BCUT2D eigenvalue weighted by atomic mass is 32.2. The highest BCUT2D eigenvalue weighted by Gasteiger charge is 2.48. The molecule has 28 heavy (non-hydrogen) atoms. The van der Waals surface area contributed by atoms with E-state index in [0.717, 1.165) is 17.7 Å². The van der Waals surface area contributed by atoms with E-state index < -0.39 is 17.8 Å². The summed E-state index contributed by atoms with van der Waals surface area (Å²) in [5.41, 5.74) is 1.85. The molecule has 0 radical (unpaired) electrons. The fourth-order valence-electron chi connectivity index (χ4n) is 3.81. The molecule has 4 unspecified atom stereocenters. The summed E-state index contributed by atoms with van der Waals surface area (Å²) in [4.78, 5) is 25.7. The first-order valence-corrected chi connectivity index (χ1v) is 10.4. The SMILES string of the molecule is CCCSC1NC(=O)C2C(NC(C)=C(C(=O)OC)C2c2cccc(OC)c2)N1. The van der Waals surface area contributed by atoms with Crippen molar-refractivity contribution in [2.75, 3.05) is 20.0 Å². The van der Waals surface area contributed by atoms with Crippen molar-refractivity contribution in [2.45, 2.75) is 37.8 Å². The first-order chi connectivity index (χ1) is 13.5. The molecule has 2 heterocycles. The molecule has 1 fully saturated rings. The van der Waals surface area contributed by atoms with Crippen molar-refractivity contribution in [1.82, 2.24) is 16.0 Å². The van der Waals surface area contributed by atoms with Crippen LogP contribution in [0.15, 0.2) is 35.5 Å². The minimum atomic E-state index is -0.497. The number of rotatable bonds is 6. The number of benzene rings is 1. The van der Waals surface area contributed by atoms with Crippen LogP contribution >= 0.6 is 11.8 Å². The van der Waals surface area contributed by atoms with Crippen LogP contribution in [0.2, 0.25) is 0 Å². The lowest BCUT2D eigenvalue weighted by Gasteiger charge is -2.45. The van der Waals surface area contributed by atoms with Crippen LogP contribution in [0.4, 0.5) is 0 Å². The van der Waals surface area contributed by atoms with E-state index in [1.807, 2.05) is 31.2 Å². The molecule has 1 aromatic carbocycles. The van der Waals surface area contributed by atoms with Crippen LogP contribution in [0.5, 0.6) is 5.75 Å². The summed E-state index contributed by atoms with van der Waals surface area (Å²) in [6.45, 7) is 3.95. The Morgan fingerprint density at radius 2 is 2.04 bits per heavy atom. The van der Waals surface area contributed by atoms with Crippen molar-refractivity contribution < 1.29 is 19.1 Å². The van der Waals surface area contributed by atoms with E-state index >= 15 is 0 Å². The van der Waals surface area contributed by atoms with Crippen LogP contribution in [0, 0.1) is 5.92 Å². The molecule has 3 rings (SSSR count). The van der Waals surface area contributed by atoms with Crippen molar-refractivity contribution in [3.05, 3.63) is 41.1 Å². The second kappa shape index (κ2) is 8.87. The Kier molecular flexibility index (Phi) is 6.51. The zero-order chi connectivity index (χ0) is 20.3. The predicted octanol–water partition coefficient (Wildman–Crippen LogP) is 1.92. The molecule has 152 valence electrons. The molecule has 1 saturated heterocycles. The molecular weight excluding hydrogens is 378 g/mol.